The molecule has 16 heavy (non-hydrogen) atoms. The van der Waals surface area contributed by atoms with Crippen molar-refractivity contribution in [2.75, 3.05) is 12.4 Å². The van der Waals surface area contributed by atoms with E-state index in [4.69, 9.17) is 11.6 Å². The Morgan fingerprint density at radius 2 is 2.00 bits per heavy atom. The van der Waals surface area contributed by atoms with Crippen LogP contribution in [0.25, 0.3) is 0 Å². The average molecular weight is 248 g/mol. The van der Waals surface area contributed by atoms with E-state index in [1.807, 2.05) is 13.8 Å². The molecule has 0 amide bonds. The molecule has 0 fully saturated rings. The van der Waals surface area contributed by atoms with Crippen LogP contribution in [0.3, 0.4) is 0 Å². The zero-order chi connectivity index (χ0) is 12.2. The number of rotatable bonds is 5. The van der Waals surface area contributed by atoms with Gasteiger partial charge in [0, 0.05) is 24.5 Å². The Bertz CT molecular complexity index is 353. The Morgan fingerprint density at radius 1 is 1.31 bits per heavy atom. The van der Waals surface area contributed by atoms with Crippen LogP contribution in [0.15, 0.2) is 18.2 Å². The molecule has 1 N–H and O–H groups in total. The van der Waals surface area contributed by atoms with Gasteiger partial charge in [0.1, 0.15) is 11.6 Å². The zero-order valence-electron chi connectivity index (χ0n) is 9.49. The molecule has 1 rings (SSSR count). The Balaban J connectivity index is 2.52. The normalized spacial score (nSPS) is 11.8. The first-order valence-corrected chi connectivity index (χ1v) is 5.69. The minimum atomic E-state index is -0.421. The maximum atomic E-state index is 13.2. The minimum Gasteiger partial charge on any atom is -0.312 e. The quantitative estimate of drug-likeness (QED) is 0.787. The molecular weight excluding hydrogens is 232 g/mol. The van der Waals surface area contributed by atoms with Gasteiger partial charge in [-0.1, -0.05) is 13.8 Å². The molecule has 0 aliphatic heterocycles. The van der Waals surface area contributed by atoms with E-state index in [1.54, 1.807) is 0 Å². The Morgan fingerprint density at radius 3 is 2.62 bits per heavy atom. The van der Waals surface area contributed by atoms with E-state index in [9.17, 15) is 8.78 Å². The molecule has 4 heteroatoms. The van der Waals surface area contributed by atoms with Crippen LogP contribution in [0.5, 0.6) is 0 Å². The monoisotopic (exact) mass is 247 g/mol. The summed E-state index contributed by atoms with van der Waals surface area (Å²) in [5, 5.41) is 3.07. The summed E-state index contributed by atoms with van der Waals surface area (Å²) >= 11 is 5.76. The third-order valence-electron chi connectivity index (χ3n) is 2.29. The van der Waals surface area contributed by atoms with Crippen molar-refractivity contribution < 1.29 is 8.78 Å². The second kappa shape index (κ2) is 5.60. The number of nitrogens with one attached hydrogen (secondary N) is 1. The standard InChI is InChI=1S/C12H16ClF2N/c1-12(2,7-13)8-16-6-9-5-10(14)3-4-11(9)15/h3-5,16H,6-8H2,1-2H3. The van der Waals surface area contributed by atoms with Crippen molar-refractivity contribution in [1.29, 1.82) is 0 Å². The number of hydrogen-bond donors (Lipinski definition) is 1. The molecule has 0 bridgehead atoms. The van der Waals surface area contributed by atoms with Crippen molar-refractivity contribution in [3.63, 3.8) is 0 Å². The highest BCUT2D eigenvalue weighted by Gasteiger charge is 2.15. The van der Waals surface area contributed by atoms with Gasteiger partial charge < -0.3 is 5.32 Å². The minimum absolute atomic E-state index is 0.0502. The van der Waals surface area contributed by atoms with Gasteiger partial charge in [-0.2, -0.15) is 0 Å². The molecule has 0 aliphatic rings. The lowest BCUT2D eigenvalue weighted by Crippen LogP contribution is -2.30. The summed E-state index contributed by atoms with van der Waals surface area (Å²) in [7, 11) is 0. The number of hydrogen-bond acceptors (Lipinski definition) is 1. The van der Waals surface area contributed by atoms with Crippen molar-refractivity contribution in [1.82, 2.24) is 5.32 Å². The molecule has 0 heterocycles. The van der Waals surface area contributed by atoms with Gasteiger partial charge in [-0.25, -0.2) is 8.78 Å². The smallest absolute Gasteiger partial charge is 0.127 e. The van der Waals surface area contributed by atoms with Gasteiger partial charge >= 0.3 is 0 Å². The molecule has 0 unspecified atom stereocenters. The van der Waals surface area contributed by atoms with Crippen LogP contribution in [0.2, 0.25) is 0 Å². The number of benzene rings is 1. The molecule has 1 nitrogen and oxygen atoms in total. The first-order chi connectivity index (χ1) is 7.44. The van der Waals surface area contributed by atoms with E-state index in [2.05, 4.69) is 5.32 Å². The molecule has 1 aromatic carbocycles. The lowest BCUT2D eigenvalue weighted by Gasteiger charge is -2.21. The van der Waals surface area contributed by atoms with Crippen molar-refractivity contribution >= 4 is 11.6 Å². The SMILES string of the molecule is CC(C)(CCl)CNCc1cc(F)ccc1F. The molecule has 0 saturated heterocycles. The predicted molar refractivity (Wildman–Crippen MR) is 62.6 cm³/mol. The van der Waals surface area contributed by atoms with Crippen LogP contribution in [0.4, 0.5) is 8.78 Å². The molecular formula is C12H16ClF2N. The number of alkyl halides is 1. The third kappa shape index (κ3) is 4.06. The first-order valence-electron chi connectivity index (χ1n) is 5.15. The third-order valence-corrected chi connectivity index (χ3v) is 3.01. The summed E-state index contributed by atoms with van der Waals surface area (Å²) < 4.78 is 26.1. The highest BCUT2D eigenvalue weighted by atomic mass is 35.5. The van der Waals surface area contributed by atoms with Crippen LogP contribution in [-0.4, -0.2) is 12.4 Å². The van der Waals surface area contributed by atoms with Gasteiger partial charge in [0.15, 0.2) is 0 Å². The van der Waals surface area contributed by atoms with Crippen molar-refractivity contribution in [3.05, 3.63) is 35.4 Å². The van der Waals surface area contributed by atoms with Crippen LogP contribution in [-0.2, 0) is 6.54 Å². The van der Waals surface area contributed by atoms with Crippen molar-refractivity contribution in [2.45, 2.75) is 20.4 Å². The lowest BCUT2D eigenvalue weighted by molar-refractivity contribution is 0.383. The fraction of sp³-hybridized carbons (Fsp3) is 0.500. The van der Waals surface area contributed by atoms with E-state index in [0.29, 0.717) is 24.5 Å². The van der Waals surface area contributed by atoms with E-state index in [-0.39, 0.29) is 5.41 Å². The van der Waals surface area contributed by atoms with Crippen LogP contribution in [0.1, 0.15) is 19.4 Å². The molecule has 1 aromatic rings. The molecule has 90 valence electrons. The molecule has 0 spiro atoms. The maximum absolute atomic E-state index is 13.2. The first kappa shape index (κ1) is 13.4. The summed E-state index contributed by atoms with van der Waals surface area (Å²) in [6.07, 6.45) is 0. The molecule has 0 radical (unpaired) electrons. The fourth-order valence-corrected chi connectivity index (χ4v) is 1.36. The Labute approximate surface area is 99.8 Å². The topological polar surface area (TPSA) is 12.0 Å². The fourth-order valence-electron chi connectivity index (χ4n) is 1.26. The predicted octanol–water partition coefficient (Wildman–Crippen LogP) is 3.32. The highest BCUT2D eigenvalue weighted by Crippen LogP contribution is 2.16. The van der Waals surface area contributed by atoms with Crippen molar-refractivity contribution in [2.24, 2.45) is 5.41 Å². The van der Waals surface area contributed by atoms with Gasteiger partial charge in [-0.05, 0) is 23.6 Å². The van der Waals surface area contributed by atoms with Gasteiger partial charge in [-0.15, -0.1) is 11.6 Å². The summed E-state index contributed by atoms with van der Waals surface area (Å²) in [5.41, 5.74) is 0.288. The lowest BCUT2D eigenvalue weighted by atomic mass is 9.96. The molecule has 0 atom stereocenters. The summed E-state index contributed by atoms with van der Waals surface area (Å²) in [5.74, 6) is -0.293. The second-order valence-electron chi connectivity index (χ2n) is 4.64. The Kier molecular flexibility index (Phi) is 4.69. The zero-order valence-corrected chi connectivity index (χ0v) is 10.2. The summed E-state index contributed by atoms with van der Waals surface area (Å²) in [6.45, 7) is 4.99. The second-order valence-corrected chi connectivity index (χ2v) is 4.90. The van der Waals surface area contributed by atoms with Crippen LogP contribution in [0, 0.1) is 17.0 Å². The molecule has 0 saturated carbocycles. The van der Waals surface area contributed by atoms with Crippen molar-refractivity contribution in [3.8, 4) is 0 Å². The Hall–Kier alpha value is -0.670. The molecule has 0 aliphatic carbocycles. The van der Waals surface area contributed by atoms with E-state index in [0.717, 1.165) is 12.1 Å². The highest BCUT2D eigenvalue weighted by molar-refractivity contribution is 6.18. The maximum Gasteiger partial charge on any atom is 0.127 e. The summed E-state index contributed by atoms with van der Waals surface area (Å²) in [6, 6.07) is 3.45. The average Bonchev–Trinajstić information content (AvgIpc) is 2.23. The van der Waals surface area contributed by atoms with Gasteiger partial charge in [0.2, 0.25) is 0 Å². The van der Waals surface area contributed by atoms with Gasteiger partial charge in [0.25, 0.3) is 0 Å². The summed E-state index contributed by atoms with van der Waals surface area (Å²) in [4.78, 5) is 0. The van der Waals surface area contributed by atoms with E-state index < -0.39 is 11.6 Å². The van der Waals surface area contributed by atoms with Crippen LogP contribution >= 0.6 is 11.6 Å². The van der Waals surface area contributed by atoms with E-state index >= 15 is 0 Å². The van der Waals surface area contributed by atoms with Gasteiger partial charge in [-0.3, -0.25) is 0 Å². The van der Waals surface area contributed by atoms with Crippen LogP contribution < -0.4 is 5.32 Å². The number of halogens is 3. The van der Waals surface area contributed by atoms with E-state index in [1.165, 1.54) is 6.07 Å². The van der Waals surface area contributed by atoms with Gasteiger partial charge in [0.05, 0.1) is 0 Å². The largest absolute Gasteiger partial charge is 0.312 e. The molecule has 0 aromatic heterocycles.